The van der Waals surface area contributed by atoms with Gasteiger partial charge in [0.05, 0.1) is 15.8 Å². The Kier molecular flexibility index (Phi) is 2.76. The van der Waals surface area contributed by atoms with Crippen molar-refractivity contribution in [3.63, 3.8) is 0 Å². The molecule has 3 aromatic rings. The third-order valence-corrected chi connectivity index (χ3v) is 3.77. The van der Waals surface area contributed by atoms with Crippen LogP contribution in [0.1, 0.15) is 10.4 Å². The van der Waals surface area contributed by atoms with Crippen molar-refractivity contribution in [2.45, 2.75) is 0 Å². The number of benzene rings is 2. The molecule has 0 atom stereocenters. The molecule has 0 aliphatic rings. The molecule has 0 unspecified atom stereocenters. The standard InChI is InChI=1S/C14H8FNO2S/c15-10-4-5-11-12(7-10)19-13(16-11)8-2-1-3-9(6-8)14(17)18/h1-7H,(H,17,18). The van der Waals surface area contributed by atoms with Crippen molar-refractivity contribution in [2.24, 2.45) is 0 Å². The highest BCUT2D eigenvalue weighted by Crippen LogP contribution is 2.30. The maximum absolute atomic E-state index is 13.1. The van der Waals surface area contributed by atoms with E-state index in [1.54, 1.807) is 24.3 Å². The van der Waals surface area contributed by atoms with Gasteiger partial charge in [0.25, 0.3) is 0 Å². The van der Waals surface area contributed by atoms with Crippen LogP contribution in [0.2, 0.25) is 0 Å². The van der Waals surface area contributed by atoms with Crippen molar-refractivity contribution in [2.75, 3.05) is 0 Å². The number of carbonyl (C=O) groups is 1. The van der Waals surface area contributed by atoms with Crippen LogP contribution in [0, 0.1) is 5.82 Å². The minimum Gasteiger partial charge on any atom is -0.478 e. The summed E-state index contributed by atoms with van der Waals surface area (Å²) < 4.78 is 13.9. The fourth-order valence-corrected chi connectivity index (χ4v) is 2.79. The maximum Gasteiger partial charge on any atom is 0.335 e. The second-order valence-corrected chi connectivity index (χ2v) is 5.05. The van der Waals surface area contributed by atoms with E-state index in [9.17, 15) is 9.18 Å². The molecule has 0 bridgehead atoms. The first-order valence-electron chi connectivity index (χ1n) is 5.53. The van der Waals surface area contributed by atoms with Gasteiger partial charge < -0.3 is 5.11 Å². The minimum atomic E-state index is -0.978. The molecule has 1 aromatic heterocycles. The number of aromatic nitrogens is 1. The summed E-state index contributed by atoms with van der Waals surface area (Å²) in [4.78, 5) is 15.3. The van der Waals surface area contributed by atoms with E-state index in [0.717, 1.165) is 10.3 Å². The van der Waals surface area contributed by atoms with Crippen LogP contribution in [0.3, 0.4) is 0 Å². The molecular formula is C14H8FNO2S. The van der Waals surface area contributed by atoms with Gasteiger partial charge in [-0.05, 0) is 30.3 Å². The first kappa shape index (κ1) is 11.8. The fraction of sp³-hybridized carbons (Fsp3) is 0. The van der Waals surface area contributed by atoms with Crippen LogP contribution < -0.4 is 0 Å². The molecule has 1 N–H and O–H groups in total. The molecule has 5 heteroatoms. The summed E-state index contributed by atoms with van der Waals surface area (Å²) in [6, 6.07) is 11.0. The number of carboxylic acids is 1. The zero-order valence-electron chi connectivity index (χ0n) is 9.63. The molecule has 3 rings (SSSR count). The lowest BCUT2D eigenvalue weighted by atomic mass is 10.1. The molecular weight excluding hydrogens is 265 g/mol. The third kappa shape index (κ3) is 2.20. The van der Waals surface area contributed by atoms with Crippen LogP contribution in [0.25, 0.3) is 20.8 Å². The summed E-state index contributed by atoms with van der Waals surface area (Å²) in [6.45, 7) is 0. The molecule has 0 saturated heterocycles. The van der Waals surface area contributed by atoms with E-state index in [0.29, 0.717) is 10.5 Å². The fourth-order valence-electron chi connectivity index (χ4n) is 1.81. The van der Waals surface area contributed by atoms with Gasteiger partial charge in [-0.15, -0.1) is 11.3 Å². The zero-order chi connectivity index (χ0) is 13.4. The zero-order valence-corrected chi connectivity index (χ0v) is 10.4. The lowest BCUT2D eigenvalue weighted by Crippen LogP contribution is -1.95. The average molecular weight is 273 g/mol. The van der Waals surface area contributed by atoms with Gasteiger partial charge in [-0.25, -0.2) is 14.2 Å². The molecule has 2 aromatic carbocycles. The van der Waals surface area contributed by atoms with Gasteiger partial charge in [-0.3, -0.25) is 0 Å². The number of aromatic carboxylic acids is 1. The van der Waals surface area contributed by atoms with E-state index in [1.807, 2.05) is 0 Å². The Morgan fingerprint density at radius 3 is 2.84 bits per heavy atom. The summed E-state index contributed by atoms with van der Waals surface area (Å²) in [5.41, 5.74) is 1.64. The van der Waals surface area contributed by atoms with E-state index < -0.39 is 5.97 Å². The molecule has 0 amide bonds. The molecule has 0 fully saturated rings. The van der Waals surface area contributed by atoms with Gasteiger partial charge in [0, 0.05) is 5.56 Å². The monoisotopic (exact) mass is 273 g/mol. The van der Waals surface area contributed by atoms with Gasteiger partial charge in [-0.2, -0.15) is 0 Å². The van der Waals surface area contributed by atoms with Crippen molar-refractivity contribution < 1.29 is 14.3 Å². The number of hydrogen-bond acceptors (Lipinski definition) is 3. The topological polar surface area (TPSA) is 50.2 Å². The van der Waals surface area contributed by atoms with E-state index in [4.69, 9.17) is 5.11 Å². The summed E-state index contributed by atoms with van der Waals surface area (Å²) in [5, 5.41) is 9.65. The quantitative estimate of drug-likeness (QED) is 0.772. The lowest BCUT2D eigenvalue weighted by Gasteiger charge is -1.97. The van der Waals surface area contributed by atoms with E-state index >= 15 is 0 Å². The number of hydrogen-bond donors (Lipinski definition) is 1. The van der Waals surface area contributed by atoms with E-state index in [1.165, 1.54) is 29.5 Å². The molecule has 0 radical (unpaired) electrons. The number of fused-ring (bicyclic) bond motifs is 1. The summed E-state index contributed by atoms with van der Waals surface area (Å²) in [7, 11) is 0. The third-order valence-electron chi connectivity index (χ3n) is 2.71. The molecule has 3 nitrogen and oxygen atoms in total. The second kappa shape index (κ2) is 4.44. The molecule has 0 saturated carbocycles. The van der Waals surface area contributed by atoms with E-state index in [2.05, 4.69) is 4.98 Å². The van der Waals surface area contributed by atoms with Crippen molar-refractivity contribution >= 4 is 27.5 Å². The highest BCUT2D eigenvalue weighted by Gasteiger charge is 2.09. The highest BCUT2D eigenvalue weighted by molar-refractivity contribution is 7.21. The number of carboxylic acid groups (broad SMARTS) is 1. The average Bonchev–Trinajstić information content (AvgIpc) is 2.81. The minimum absolute atomic E-state index is 0.211. The molecule has 1 heterocycles. The molecule has 0 aliphatic heterocycles. The van der Waals surface area contributed by atoms with Gasteiger partial charge in [0.15, 0.2) is 0 Å². The Morgan fingerprint density at radius 1 is 1.21 bits per heavy atom. The van der Waals surface area contributed by atoms with Crippen molar-refractivity contribution in [3.8, 4) is 10.6 Å². The molecule has 0 spiro atoms. The van der Waals surface area contributed by atoms with Crippen LogP contribution in [-0.2, 0) is 0 Å². The van der Waals surface area contributed by atoms with Gasteiger partial charge in [0.2, 0.25) is 0 Å². The van der Waals surface area contributed by atoms with Crippen molar-refractivity contribution in [1.82, 2.24) is 4.98 Å². The van der Waals surface area contributed by atoms with Crippen LogP contribution in [0.5, 0.6) is 0 Å². The molecule has 94 valence electrons. The predicted molar refractivity (Wildman–Crippen MR) is 72.0 cm³/mol. The number of halogens is 1. The Balaban J connectivity index is 2.13. The number of thiazole rings is 1. The van der Waals surface area contributed by atoms with Crippen LogP contribution in [0.4, 0.5) is 4.39 Å². The molecule has 0 aliphatic carbocycles. The predicted octanol–water partition coefficient (Wildman–Crippen LogP) is 3.80. The van der Waals surface area contributed by atoms with Gasteiger partial charge >= 0.3 is 5.97 Å². The van der Waals surface area contributed by atoms with E-state index in [-0.39, 0.29) is 11.4 Å². The number of rotatable bonds is 2. The summed E-state index contributed by atoms with van der Waals surface area (Å²) in [5.74, 6) is -1.28. The Morgan fingerprint density at radius 2 is 2.05 bits per heavy atom. The first-order chi connectivity index (χ1) is 9.13. The Hall–Kier alpha value is -2.27. The molecule has 19 heavy (non-hydrogen) atoms. The number of nitrogens with zero attached hydrogens (tertiary/aromatic N) is 1. The van der Waals surface area contributed by atoms with Crippen LogP contribution in [-0.4, -0.2) is 16.1 Å². The summed E-state index contributed by atoms with van der Waals surface area (Å²) in [6.07, 6.45) is 0. The van der Waals surface area contributed by atoms with Crippen molar-refractivity contribution in [1.29, 1.82) is 0 Å². The second-order valence-electron chi connectivity index (χ2n) is 4.02. The Labute approximate surface area is 112 Å². The van der Waals surface area contributed by atoms with Gasteiger partial charge in [0.1, 0.15) is 10.8 Å². The first-order valence-corrected chi connectivity index (χ1v) is 6.35. The lowest BCUT2D eigenvalue weighted by molar-refractivity contribution is 0.0697. The van der Waals surface area contributed by atoms with Crippen molar-refractivity contribution in [3.05, 3.63) is 53.8 Å². The Bertz CT molecular complexity index is 782. The van der Waals surface area contributed by atoms with Crippen LogP contribution in [0.15, 0.2) is 42.5 Å². The van der Waals surface area contributed by atoms with Gasteiger partial charge in [-0.1, -0.05) is 12.1 Å². The normalized spacial score (nSPS) is 10.8. The van der Waals surface area contributed by atoms with Crippen LogP contribution >= 0.6 is 11.3 Å². The maximum atomic E-state index is 13.1. The smallest absolute Gasteiger partial charge is 0.335 e. The largest absolute Gasteiger partial charge is 0.478 e. The SMILES string of the molecule is O=C(O)c1cccc(-c2nc3ccc(F)cc3s2)c1. The summed E-state index contributed by atoms with van der Waals surface area (Å²) >= 11 is 1.34. The highest BCUT2D eigenvalue weighted by atomic mass is 32.1.